The Labute approximate surface area is 166 Å². The molecule has 0 unspecified atom stereocenters. The first kappa shape index (κ1) is 19.7. The molecule has 3 nitrogen and oxygen atoms in total. The van der Waals surface area contributed by atoms with Crippen LogP contribution >= 0.6 is 0 Å². The van der Waals surface area contributed by atoms with Crippen molar-refractivity contribution in [3.8, 4) is 5.75 Å². The van der Waals surface area contributed by atoms with Crippen LogP contribution in [0.3, 0.4) is 0 Å². The lowest BCUT2D eigenvalue weighted by molar-refractivity contribution is -0.151. The Kier molecular flexibility index (Phi) is 7.25. The molecule has 0 spiro atoms. The van der Waals surface area contributed by atoms with Crippen LogP contribution in [0.15, 0.2) is 84.9 Å². The van der Waals surface area contributed by atoms with E-state index in [0.717, 1.165) is 18.4 Å². The number of hydrogen-bond acceptors (Lipinski definition) is 3. The molecule has 1 atom stereocenters. The number of carbonyl (C=O) groups is 1. The lowest BCUT2D eigenvalue weighted by Gasteiger charge is -2.18. The van der Waals surface area contributed by atoms with Gasteiger partial charge in [0.25, 0.3) is 0 Å². The summed E-state index contributed by atoms with van der Waals surface area (Å²) in [5.41, 5.74) is 3.61. The largest absolute Gasteiger partial charge is 0.478 e. The van der Waals surface area contributed by atoms with E-state index in [2.05, 4.69) is 36.4 Å². The second-order valence-electron chi connectivity index (χ2n) is 6.68. The van der Waals surface area contributed by atoms with Crippen LogP contribution in [0.2, 0.25) is 0 Å². The van der Waals surface area contributed by atoms with Crippen LogP contribution in [-0.4, -0.2) is 18.7 Å². The van der Waals surface area contributed by atoms with E-state index in [4.69, 9.17) is 9.47 Å². The molecule has 0 aliphatic heterocycles. The van der Waals surface area contributed by atoms with Gasteiger partial charge in [-0.3, -0.25) is 0 Å². The number of hydrogen-bond donors (Lipinski definition) is 0. The molecule has 0 aliphatic rings. The molecule has 0 radical (unpaired) electrons. The fourth-order valence-corrected chi connectivity index (χ4v) is 3.07. The zero-order valence-corrected chi connectivity index (χ0v) is 16.2. The maximum atomic E-state index is 12.3. The first-order chi connectivity index (χ1) is 13.7. The smallest absolute Gasteiger partial charge is 0.347 e. The van der Waals surface area contributed by atoms with Gasteiger partial charge in [0.2, 0.25) is 0 Å². The molecule has 0 saturated heterocycles. The minimum absolute atomic E-state index is 0.334. The number of carbonyl (C=O) groups excluding carboxylic acids is 1. The van der Waals surface area contributed by atoms with Crippen LogP contribution < -0.4 is 4.74 Å². The summed E-state index contributed by atoms with van der Waals surface area (Å²) in [6.07, 6.45) is 1.79. The summed E-state index contributed by atoms with van der Waals surface area (Å²) in [5.74, 6) is 0.344. The van der Waals surface area contributed by atoms with E-state index in [9.17, 15) is 4.79 Å². The van der Waals surface area contributed by atoms with Crippen molar-refractivity contribution in [1.82, 2.24) is 0 Å². The van der Waals surface area contributed by atoms with Gasteiger partial charge >= 0.3 is 5.97 Å². The molecule has 0 fully saturated rings. The molecular weight excluding hydrogens is 348 g/mol. The highest BCUT2D eigenvalue weighted by atomic mass is 16.6. The SMILES string of the molecule is CCOC(=O)[C@@H](Cc1ccccc1)Oc1ccc(CCc2ccccc2)cc1. The van der Waals surface area contributed by atoms with Crippen LogP contribution in [0.1, 0.15) is 23.6 Å². The van der Waals surface area contributed by atoms with Gasteiger partial charge < -0.3 is 9.47 Å². The highest BCUT2D eigenvalue weighted by molar-refractivity contribution is 5.75. The van der Waals surface area contributed by atoms with E-state index in [1.54, 1.807) is 6.92 Å². The van der Waals surface area contributed by atoms with E-state index in [1.807, 2.05) is 48.5 Å². The van der Waals surface area contributed by atoms with Gasteiger partial charge in [-0.2, -0.15) is 0 Å². The number of benzene rings is 3. The number of esters is 1. The zero-order valence-electron chi connectivity index (χ0n) is 16.2. The van der Waals surface area contributed by atoms with Crippen molar-refractivity contribution in [3.05, 3.63) is 102 Å². The quantitative estimate of drug-likeness (QED) is 0.493. The van der Waals surface area contributed by atoms with E-state index in [0.29, 0.717) is 18.8 Å². The molecule has 144 valence electrons. The summed E-state index contributed by atoms with van der Waals surface area (Å²) in [6.45, 7) is 2.14. The summed E-state index contributed by atoms with van der Waals surface area (Å²) in [7, 11) is 0. The van der Waals surface area contributed by atoms with Crippen molar-refractivity contribution >= 4 is 5.97 Å². The fourth-order valence-electron chi connectivity index (χ4n) is 3.07. The third kappa shape index (κ3) is 5.98. The van der Waals surface area contributed by atoms with E-state index in [-0.39, 0.29) is 5.97 Å². The van der Waals surface area contributed by atoms with Crippen molar-refractivity contribution in [3.63, 3.8) is 0 Å². The lowest BCUT2D eigenvalue weighted by atomic mass is 10.0. The van der Waals surface area contributed by atoms with Gasteiger partial charge in [0.1, 0.15) is 5.75 Å². The summed E-state index contributed by atoms with van der Waals surface area (Å²) in [4.78, 5) is 12.3. The van der Waals surface area contributed by atoms with Crippen LogP contribution in [0.25, 0.3) is 0 Å². The second kappa shape index (κ2) is 10.3. The van der Waals surface area contributed by atoms with Crippen molar-refractivity contribution < 1.29 is 14.3 Å². The Balaban J connectivity index is 1.62. The molecule has 3 heteroatoms. The van der Waals surface area contributed by atoms with Gasteiger partial charge in [0.15, 0.2) is 6.10 Å². The Morgan fingerprint density at radius 1 is 0.750 bits per heavy atom. The molecule has 3 aromatic rings. The number of aryl methyl sites for hydroxylation is 2. The number of rotatable bonds is 9. The van der Waals surface area contributed by atoms with E-state index < -0.39 is 6.10 Å². The molecule has 3 rings (SSSR count). The molecule has 0 bridgehead atoms. The fraction of sp³-hybridized carbons (Fsp3) is 0.240. The standard InChI is InChI=1S/C25H26O3/c1-2-27-25(26)24(19-22-11-7-4-8-12-22)28-23-17-15-21(16-18-23)14-13-20-9-5-3-6-10-20/h3-12,15-18,24H,2,13-14,19H2,1H3/t24-/m1/s1. The molecule has 0 aliphatic carbocycles. The summed E-state index contributed by atoms with van der Waals surface area (Å²) >= 11 is 0. The van der Waals surface area contributed by atoms with Crippen LogP contribution in [-0.2, 0) is 28.8 Å². The van der Waals surface area contributed by atoms with Crippen LogP contribution in [0.4, 0.5) is 0 Å². The first-order valence-electron chi connectivity index (χ1n) is 9.74. The van der Waals surface area contributed by atoms with Crippen LogP contribution in [0.5, 0.6) is 5.75 Å². The Hall–Kier alpha value is -3.07. The maximum Gasteiger partial charge on any atom is 0.347 e. The molecule has 0 aromatic heterocycles. The lowest BCUT2D eigenvalue weighted by Crippen LogP contribution is -2.31. The number of ether oxygens (including phenoxy) is 2. The topological polar surface area (TPSA) is 35.5 Å². The highest BCUT2D eigenvalue weighted by Crippen LogP contribution is 2.18. The minimum atomic E-state index is -0.655. The van der Waals surface area contributed by atoms with E-state index >= 15 is 0 Å². The Morgan fingerprint density at radius 2 is 1.29 bits per heavy atom. The Bertz CT molecular complexity index is 842. The average molecular weight is 374 g/mol. The molecule has 28 heavy (non-hydrogen) atoms. The molecule has 0 saturated carbocycles. The van der Waals surface area contributed by atoms with Gasteiger partial charge in [-0.05, 0) is 48.6 Å². The summed E-state index contributed by atoms with van der Waals surface area (Å²) in [5, 5.41) is 0. The van der Waals surface area contributed by atoms with Gasteiger partial charge in [-0.1, -0.05) is 72.8 Å². The Morgan fingerprint density at radius 3 is 1.86 bits per heavy atom. The predicted octanol–water partition coefficient (Wildman–Crippen LogP) is 5.03. The molecule has 0 N–H and O–H groups in total. The monoisotopic (exact) mass is 374 g/mol. The van der Waals surface area contributed by atoms with Gasteiger partial charge in [0, 0.05) is 6.42 Å². The molecular formula is C25H26O3. The third-order valence-corrected chi connectivity index (χ3v) is 4.56. The van der Waals surface area contributed by atoms with Gasteiger partial charge in [0.05, 0.1) is 6.61 Å². The highest BCUT2D eigenvalue weighted by Gasteiger charge is 2.22. The van der Waals surface area contributed by atoms with Gasteiger partial charge in [-0.15, -0.1) is 0 Å². The van der Waals surface area contributed by atoms with Crippen molar-refractivity contribution in [1.29, 1.82) is 0 Å². The van der Waals surface area contributed by atoms with Crippen molar-refractivity contribution in [2.45, 2.75) is 32.3 Å². The molecule has 0 amide bonds. The molecule has 3 aromatic carbocycles. The van der Waals surface area contributed by atoms with Crippen molar-refractivity contribution in [2.75, 3.05) is 6.61 Å². The molecule has 0 heterocycles. The van der Waals surface area contributed by atoms with Crippen LogP contribution in [0, 0.1) is 0 Å². The summed E-state index contributed by atoms with van der Waals surface area (Å²) in [6, 6.07) is 28.3. The van der Waals surface area contributed by atoms with Crippen molar-refractivity contribution in [2.24, 2.45) is 0 Å². The zero-order chi connectivity index (χ0) is 19.6. The van der Waals surface area contributed by atoms with Gasteiger partial charge in [-0.25, -0.2) is 4.79 Å². The maximum absolute atomic E-state index is 12.3. The normalized spacial score (nSPS) is 11.6. The minimum Gasteiger partial charge on any atom is -0.478 e. The predicted molar refractivity (Wildman–Crippen MR) is 111 cm³/mol. The second-order valence-corrected chi connectivity index (χ2v) is 6.68. The summed E-state index contributed by atoms with van der Waals surface area (Å²) < 4.78 is 11.2. The third-order valence-electron chi connectivity index (χ3n) is 4.56. The van der Waals surface area contributed by atoms with E-state index in [1.165, 1.54) is 11.1 Å². The average Bonchev–Trinajstić information content (AvgIpc) is 2.74. The first-order valence-corrected chi connectivity index (χ1v) is 9.74.